The zero-order valence-electron chi connectivity index (χ0n) is 22.0. The number of hydrogen-bond donors (Lipinski definition) is 2. The van der Waals surface area contributed by atoms with Gasteiger partial charge in [0.05, 0.1) is 7.11 Å². The van der Waals surface area contributed by atoms with Gasteiger partial charge < -0.3 is 20.5 Å². The molecule has 0 fully saturated rings. The van der Waals surface area contributed by atoms with E-state index in [-0.39, 0.29) is 5.91 Å². The molecule has 38 heavy (non-hydrogen) atoms. The number of nitrogens with two attached hydrogens (primary N) is 1. The van der Waals surface area contributed by atoms with E-state index in [2.05, 4.69) is 52.7 Å². The molecule has 6 nitrogen and oxygen atoms in total. The Balaban J connectivity index is 1.50. The smallest absolute Gasteiger partial charge is 0.221 e. The predicted molar refractivity (Wildman–Crippen MR) is 152 cm³/mol. The topological polar surface area (TPSA) is 76.8 Å². The molecule has 0 unspecified atom stereocenters. The molecule has 196 valence electrons. The van der Waals surface area contributed by atoms with E-state index in [0.29, 0.717) is 18.9 Å². The Morgan fingerprint density at radius 3 is 1.92 bits per heavy atom. The molecule has 0 aliphatic carbocycles. The number of anilines is 1. The zero-order chi connectivity index (χ0) is 26.7. The van der Waals surface area contributed by atoms with E-state index in [0.717, 1.165) is 53.3 Å². The highest BCUT2D eigenvalue weighted by molar-refractivity contribution is 5.88. The third-order valence-electron chi connectivity index (χ3n) is 6.22. The summed E-state index contributed by atoms with van der Waals surface area (Å²) in [4.78, 5) is 13.8. The summed E-state index contributed by atoms with van der Waals surface area (Å²) >= 11 is 0. The van der Waals surface area contributed by atoms with Crippen LogP contribution in [0.25, 0.3) is 0 Å². The van der Waals surface area contributed by atoms with Crippen LogP contribution >= 0.6 is 0 Å². The van der Waals surface area contributed by atoms with Gasteiger partial charge in [0.1, 0.15) is 6.61 Å². The van der Waals surface area contributed by atoms with Crippen molar-refractivity contribution in [2.24, 2.45) is 5.73 Å². The second-order valence-electron chi connectivity index (χ2n) is 9.30. The molecule has 0 heterocycles. The number of benzene rings is 4. The summed E-state index contributed by atoms with van der Waals surface area (Å²) in [5.74, 6) is 1.35. The molecule has 0 bridgehead atoms. The fraction of sp³-hybridized carbons (Fsp3) is 0.219. The molecule has 4 aromatic rings. The van der Waals surface area contributed by atoms with Gasteiger partial charge in [-0.25, -0.2) is 0 Å². The van der Waals surface area contributed by atoms with Crippen molar-refractivity contribution in [3.63, 3.8) is 0 Å². The summed E-state index contributed by atoms with van der Waals surface area (Å²) in [6.45, 7) is 4.76. The van der Waals surface area contributed by atoms with Crippen LogP contribution in [0.3, 0.4) is 0 Å². The molecule has 4 aromatic carbocycles. The van der Waals surface area contributed by atoms with Gasteiger partial charge in [-0.1, -0.05) is 72.8 Å². The van der Waals surface area contributed by atoms with Gasteiger partial charge in [0, 0.05) is 38.8 Å². The first-order valence-corrected chi connectivity index (χ1v) is 12.7. The number of methoxy groups -OCH3 is 1. The van der Waals surface area contributed by atoms with Gasteiger partial charge in [-0.15, -0.1) is 0 Å². The van der Waals surface area contributed by atoms with Crippen LogP contribution in [0.2, 0.25) is 0 Å². The zero-order valence-corrected chi connectivity index (χ0v) is 22.0. The first-order valence-electron chi connectivity index (χ1n) is 12.7. The van der Waals surface area contributed by atoms with Crippen molar-refractivity contribution in [2.45, 2.75) is 39.7 Å². The number of nitrogens with zero attached hydrogens (tertiary/aromatic N) is 1. The lowest BCUT2D eigenvalue weighted by atomic mass is 10.1. The van der Waals surface area contributed by atoms with E-state index < -0.39 is 0 Å². The lowest BCUT2D eigenvalue weighted by Gasteiger charge is -2.24. The number of hydrogen-bond acceptors (Lipinski definition) is 5. The lowest BCUT2D eigenvalue weighted by Crippen LogP contribution is -2.22. The van der Waals surface area contributed by atoms with E-state index in [9.17, 15) is 4.79 Å². The van der Waals surface area contributed by atoms with Gasteiger partial charge in [-0.3, -0.25) is 9.69 Å². The molecular formula is C32H35N3O3. The van der Waals surface area contributed by atoms with Gasteiger partial charge in [-0.2, -0.15) is 0 Å². The highest BCUT2D eigenvalue weighted by atomic mass is 16.5. The van der Waals surface area contributed by atoms with Crippen LogP contribution in [0.5, 0.6) is 11.5 Å². The van der Waals surface area contributed by atoms with Crippen molar-refractivity contribution < 1.29 is 14.3 Å². The van der Waals surface area contributed by atoms with Crippen LogP contribution in [-0.4, -0.2) is 17.9 Å². The van der Waals surface area contributed by atoms with Crippen molar-refractivity contribution in [3.8, 4) is 11.5 Å². The monoisotopic (exact) mass is 509 g/mol. The molecule has 0 radical (unpaired) electrons. The summed E-state index contributed by atoms with van der Waals surface area (Å²) in [5.41, 5.74) is 12.3. The summed E-state index contributed by atoms with van der Waals surface area (Å²) in [5, 5.41) is 2.83. The normalized spacial score (nSPS) is 10.8. The molecule has 1 amide bonds. The fourth-order valence-corrected chi connectivity index (χ4v) is 4.28. The summed E-state index contributed by atoms with van der Waals surface area (Å²) in [7, 11) is 1.67. The highest BCUT2D eigenvalue weighted by Crippen LogP contribution is 2.30. The summed E-state index contributed by atoms with van der Waals surface area (Å²) in [6.07, 6.45) is 0. The van der Waals surface area contributed by atoms with Crippen molar-refractivity contribution in [2.75, 3.05) is 12.4 Å². The Morgan fingerprint density at radius 1 is 0.737 bits per heavy atom. The molecule has 0 atom stereocenters. The minimum absolute atomic E-state index is 0.0783. The van der Waals surface area contributed by atoms with Crippen molar-refractivity contribution in [3.05, 3.63) is 125 Å². The van der Waals surface area contributed by atoms with E-state index >= 15 is 0 Å². The molecule has 0 aliphatic rings. The lowest BCUT2D eigenvalue weighted by molar-refractivity contribution is -0.114. The second kappa shape index (κ2) is 13.4. The van der Waals surface area contributed by atoms with Crippen LogP contribution < -0.4 is 20.5 Å². The maximum absolute atomic E-state index is 11.4. The van der Waals surface area contributed by atoms with E-state index in [1.165, 1.54) is 12.5 Å². The number of amides is 1. The van der Waals surface area contributed by atoms with Gasteiger partial charge in [0.2, 0.25) is 5.91 Å². The van der Waals surface area contributed by atoms with Crippen LogP contribution in [0.1, 0.15) is 34.7 Å². The maximum Gasteiger partial charge on any atom is 0.221 e. The van der Waals surface area contributed by atoms with E-state index in [1.54, 1.807) is 7.11 Å². The molecule has 0 spiro atoms. The molecule has 6 heteroatoms. The molecule has 0 aromatic heterocycles. The minimum atomic E-state index is -0.0783. The van der Waals surface area contributed by atoms with Crippen LogP contribution in [0, 0.1) is 0 Å². The van der Waals surface area contributed by atoms with Crippen LogP contribution in [0.15, 0.2) is 97.1 Å². The Bertz CT molecular complexity index is 1310. The molecular weight excluding hydrogens is 474 g/mol. The molecule has 3 N–H and O–H groups in total. The third kappa shape index (κ3) is 7.93. The van der Waals surface area contributed by atoms with Crippen LogP contribution in [-0.2, 0) is 37.6 Å². The fourth-order valence-electron chi connectivity index (χ4n) is 4.28. The SMILES string of the molecule is COc1cc(CN(Cc2ccc(CN)cc2)Cc2ccc(NC(C)=O)cc2)ccc1OCc1ccccc1. The molecule has 0 saturated carbocycles. The Hall–Kier alpha value is -4.13. The van der Waals surface area contributed by atoms with Crippen molar-refractivity contribution >= 4 is 11.6 Å². The average molecular weight is 510 g/mol. The third-order valence-corrected chi connectivity index (χ3v) is 6.22. The van der Waals surface area contributed by atoms with Gasteiger partial charge in [0.25, 0.3) is 0 Å². The first-order chi connectivity index (χ1) is 18.5. The molecule has 0 saturated heterocycles. The van der Waals surface area contributed by atoms with E-state index in [4.69, 9.17) is 15.2 Å². The van der Waals surface area contributed by atoms with Gasteiger partial charge in [-0.05, 0) is 52.1 Å². The summed E-state index contributed by atoms with van der Waals surface area (Å²) < 4.78 is 11.7. The van der Waals surface area contributed by atoms with Crippen molar-refractivity contribution in [1.82, 2.24) is 4.90 Å². The largest absolute Gasteiger partial charge is 0.493 e. The summed E-state index contributed by atoms with van der Waals surface area (Å²) in [6, 6.07) is 32.6. The highest BCUT2D eigenvalue weighted by Gasteiger charge is 2.12. The number of rotatable bonds is 12. The van der Waals surface area contributed by atoms with Gasteiger partial charge >= 0.3 is 0 Å². The Kier molecular flexibility index (Phi) is 9.51. The number of carbonyl (C=O) groups excluding carboxylic acids is 1. The second-order valence-corrected chi connectivity index (χ2v) is 9.30. The molecule has 4 rings (SSSR count). The number of carbonyl (C=O) groups is 1. The van der Waals surface area contributed by atoms with E-state index in [1.807, 2.05) is 54.6 Å². The first kappa shape index (κ1) is 26.9. The number of ether oxygens (including phenoxy) is 2. The van der Waals surface area contributed by atoms with Crippen molar-refractivity contribution in [1.29, 1.82) is 0 Å². The quantitative estimate of drug-likeness (QED) is 0.249. The minimum Gasteiger partial charge on any atom is -0.493 e. The maximum atomic E-state index is 11.4. The standard InChI is InChI=1S/C32H35N3O3/c1-24(36)34-30-15-12-27(13-16-30)21-35(20-26-10-8-25(19-33)9-11-26)22-29-14-17-31(32(18-29)37-2)38-23-28-6-4-3-5-7-28/h3-18H,19-23,33H2,1-2H3,(H,34,36). The average Bonchev–Trinajstić information content (AvgIpc) is 2.94. The number of nitrogens with one attached hydrogen (secondary N) is 1. The Labute approximate surface area is 225 Å². The Morgan fingerprint density at radius 2 is 1.32 bits per heavy atom. The predicted octanol–water partition coefficient (Wildman–Crippen LogP) is 5.89. The molecule has 0 aliphatic heterocycles. The van der Waals surface area contributed by atoms with Gasteiger partial charge in [0.15, 0.2) is 11.5 Å². The van der Waals surface area contributed by atoms with Crippen LogP contribution in [0.4, 0.5) is 5.69 Å².